The number of nitrogens with one attached hydrogen (secondary N) is 1. The van der Waals surface area contributed by atoms with Crippen molar-refractivity contribution in [3.8, 4) is 6.07 Å². The van der Waals surface area contributed by atoms with Gasteiger partial charge in [-0.1, -0.05) is 22.0 Å². The molecule has 0 atom stereocenters. The third-order valence-electron chi connectivity index (χ3n) is 3.07. The smallest absolute Gasteiger partial charge is 0.101 e. The van der Waals surface area contributed by atoms with Gasteiger partial charge in [0.2, 0.25) is 0 Å². The Morgan fingerprint density at radius 2 is 1.90 bits per heavy atom. The Labute approximate surface area is 128 Å². The largest absolute Gasteiger partial charge is 0.377 e. The molecule has 0 bridgehead atoms. The van der Waals surface area contributed by atoms with Crippen molar-refractivity contribution < 1.29 is 0 Å². The second-order valence-corrected chi connectivity index (χ2v) is 5.74. The molecule has 0 aromatic heterocycles. The average Bonchev–Trinajstić information content (AvgIpc) is 2.41. The van der Waals surface area contributed by atoms with E-state index in [-0.39, 0.29) is 0 Å². The molecule has 0 aliphatic rings. The summed E-state index contributed by atoms with van der Waals surface area (Å²) in [4.78, 5) is 2.08. The number of nitriles is 1. The fourth-order valence-electron chi connectivity index (χ4n) is 2.04. The van der Waals surface area contributed by atoms with Crippen LogP contribution in [0.1, 0.15) is 11.1 Å². The van der Waals surface area contributed by atoms with E-state index >= 15 is 0 Å². The standard InChI is InChI=1S/C16H16BrN3/c1-11-4-7-14(9-16(11)20(2)3)19-15-8-13(17)6-5-12(15)10-18/h4-9,19H,1-3H3. The van der Waals surface area contributed by atoms with E-state index < -0.39 is 0 Å². The van der Waals surface area contributed by atoms with Gasteiger partial charge in [0.25, 0.3) is 0 Å². The number of benzene rings is 2. The highest BCUT2D eigenvalue weighted by Crippen LogP contribution is 2.28. The van der Waals surface area contributed by atoms with E-state index in [1.165, 1.54) is 5.56 Å². The molecule has 0 aliphatic carbocycles. The molecule has 0 amide bonds. The molecule has 0 saturated carbocycles. The molecule has 1 N–H and O–H groups in total. The molecular weight excluding hydrogens is 314 g/mol. The van der Waals surface area contributed by atoms with Crippen molar-refractivity contribution in [1.29, 1.82) is 5.26 Å². The summed E-state index contributed by atoms with van der Waals surface area (Å²) in [5.41, 5.74) is 4.77. The summed E-state index contributed by atoms with van der Waals surface area (Å²) in [5, 5.41) is 12.5. The maximum absolute atomic E-state index is 9.16. The molecule has 0 spiro atoms. The molecule has 2 aromatic rings. The number of hydrogen-bond acceptors (Lipinski definition) is 3. The van der Waals surface area contributed by atoms with Crippen molar-refractivity contribution in [2.45, 2.75) is 6.92 Å². The third kappa shape index (κ3) is 3.12. The molecule has 0 radical (unpaired) electrons. The quantitative estimate of drug-likeness (QED) is 0.904. The summed E-state index contributed by atoms with van der Waals surface area (Å²) in [6.45, 7) is 2.08. The first-order valence-electron chi connectivity index (χ1n) is 6.26. The molecule has 3 nitrogen and oxygen atoms in total. The van der Waals surface area contributed by atoms with Gasteiger partial charge in [-0.05, 0) is 42.8 Å². The van der Waals surface area contributed by atoms with E-state index in [0.29, 0.717) is 5.56 Å². The van der Waals surface area contributed by atoms with E-state index in [9.17, 15) is 0 Å². The predicted molar refractivity (Wildman–Crippen MR) is 87.6 cm³/mol. The number of hydrogen-bond donors (Lipinski definition) is 1. The van der Waals surface area contributed by atoms with E-state index in [4.69, 9.17) is 5.26 Å². The van der Waals surface area contributed by atoms with Gasteiger partial charge >= 0.3 is 0 Å². The Hall–Kier alpha value is -1.99. The van der Waals surface area contributed by atoms with Gasteiger partial charge < -0.3 is 10.2 Å². The van der Waals surface area contributed by atoms with Crippen LogP contribution in [0.3, 0.4) is 0 Å². The number of aryl methyl sites for hydroxylation is 1. The SMILES string of the molecule is Cc1ccc(Nc2cc(Br)ccc2C#N)cc1N(C)C. The number of rotatable bonds is 3. The second-order valence-electron chi connectivity index (χ2n) is 4.82. The van der Waals surface area contributed by atoms with Crippen LogP contribution in [0.25, 0.3) is 0 Å². The normalized spacial score (nSPS) is 9.95. The van der Waals surface area contributed by atoms with Crippen LogP contribution >= 0.6 is 15.9 Å². The van der Waals surface area contributed by atoms with Gasteiger partial charge in [-0.3, -0.25) is 0 Å². The monoisotopic (exact) mass is 329 g/mol. The zero-order valence-corrected chi connectivity index (χ0v) is 13.3. The van der Waals surface area contributed by atoms with Crippen LogP contribution < -0.4 is 10.2 Å². The Morgan fingerprint density at radius 3 is 2.55 bits per heavy atom. The highest BCUT2D eigenvalue weighted by atomic mass is 79.9. The minimum absolute atomic E-state index is 0.625. The number of halogens is 1. The van der Waals surface area contributed by atoms with Gasteiger partial charge in [0.15, 0.2) is 0 Å². The van der Waals surface area contributed by atoms with Crippen LogP contribution in [-0.2, 0) is 0 Å². The fourth-order valence-corrected chi connectivity index (χ4v) is 2.40. The molecular formula is C16H16BrN3. The molecule has 20 heavy (non-hydrogen) atoms. The zero-order valence-electron chi connectivity index (χ0n) is 11.7. The molecule has 4 heteroatoms. The van der Waals surface area contributed by atoms with E-state index in [0.717, 1.165) is 21.5 Å². The van der Waals surface area contributed by atoms with Gasteiger partial charge in [0, 0.05) is 29.9 Å². The summed E-state index contributed by atoms with van der Waals surface area (Å²) in [7, 11) is 4.04. The van der Waals surface area contributed by atoms with Crippen LogP contribution in [0.4, 0.5) is 17.1 Å². The topological polar surface area (TPSA) is 39.1 Å². The van der Waals surface area contributed by atoms with Gasteiger partial charge in [-0.15, -0.1) is 0 Å². The molecule has 2 aromatic carbocycles. The molecule has 0 heterocycles. The minimum Gasteiger partial charge on any atom is -0.377 e. The van der Waals surface area contributed by atoms with Crippen molar-refractivity contribution in [3.63, 3.8) is 0 Å². The fraction of sp³-hybridized carbons (Fsp3) is 0.188. The lowest BCUT2D eigenvalue weighted by molar-refractivity contribution is 1.11. The Balaban J connectivity index is 2.38. The molecule has 0 saturated heterocycles. The molecule has 0 unspecified atom stereocenters. The predicted octanol–water partition coefficient (Wildman–Crippen LogP) is 4.44. The summed E-state index contributed by atoms with van der Waals surface area (Å²) >= 11 is 3.43. The van der Waals surface area contributed by atoms with Crippen molar-refractivity contribution in [1.82, 2.24) is 0 Å². The van der Waals surface area contributed by atoms with Gasteiger partial charge in [0.1, 0.15) is 6.07 Å². The van der Waals surface area contributed by atoms with Crippen LogP contribution in [0, 0.1) is 18.3 Å². The summed E-state index contributed by atoms with van der Waals surface area (Å²) in [5.74, 6) is 0. The summed E-state index contributed by atoms with van der Waals surface area (Å²) < 4.78 is 0.943. The van der Waals surface area contributed by atoms with E-state index in [1.54, 1.807) is 6.07 Å². The van der Waals surface area contributed by atoms with Crippen LogP contribution in [0.2, 0.25) is 0 Å². The number of anilines is 3. The first kappa shape index (κ1) is 14.4. The number of nitrogens with zero attached hydrogens (tertiary/aromatic N) is 2. The average molecular weight is 330 g/mol. The van der Waals surface area contributed by atoms with Crippen molar-refractivity contribution >= 4 is 33.0 Å². The zero-order chi connectivity index (χ0) is 14.7. The Kier molecular flexibility index (Phi) is 4.31. The van der Waals surface area contributed by atoms with Gasteiger partial charge in [0.05, 0.1) is 11.3 Å². The maximum atomic E-state index is 9.16. The Bertz CT molecular complexity index is 672. The minimum atomic E-state index is 0.625. The lowest BCUT2D eigenvalue weighted by Gasteiger charge is -2.18. The van der Waals surface area contributed by atoms with E-state index in [2.05, 4.69) is 51.3 Å². The van der Waals surface area contributed by atoms with Gasteiger partial charge in [-0.2, -0.15) is 5.26 Å². The Morgan fingerprint density at radius 1 is 1.15 bits per heavy atom. The first-order chi connectivity index (χ1) is 9.51. The van der Waals surface area contributed by atoms with Gasteiger partial charge in [-0.25, -0.2) is 0 Å². The lowest BCUT2D eigenvalue weighted by atomic mass is 10.1. The van der Waals surface area contributed by atoms with E-state index in [1.807, 2.05) is 32.3 Å². The highest BCUT2D eigenvalue weighted by Gasteiger charge is 2.06. The first-order valence-corrected chi connectivity index (χ1v) is 7.05. The van der Waals surface area contributed by atoms with Crippen LogP contribution in [0.5, 0.6) is 0 Å². The van der Waals surface area contributed by atoms with Crippen molar-refractivity contribution in [2.75, 3.05) is 24.3 Å². The summed E-state index contributed by atoms with van der Waals surface area (Å²) in [6.07, 6.45) is 0. The molecule has 0 fully saturated rings. The van der Waals surface area contributed by atoms with Crippen molar-refractivity contribution in [2.24, 2.45) is 0 Å². The molecule has 0 aliphatic heterocycles. The molecule has 2 rings (SSSR count). The van der Waals surface area contributed by atoms with Crippen molar-refractivity contribution in [3.05, 3.63) is 52.0 Å². The summed E-state index contributed by atoms with van der Waals surface area (Å²) in [6, 6.07) is 13.9. The van der Waals surface area contributed by atoms with Crippen LogP contribution in [-0.4, -0.2) is 14.1 Å². The molecule has 102 valence electrons. The highest BCUT2D eigenvalue weighted by molar-refractivity contribution is 9.10. The lowest BCUT2D eigenvalue weighted by Crippen LogP contribution is -2.10. The van der Waals surface area contributed by atoms with Crippen LogP contribution in [0.15, 0.2) is 40.9 Å². The third-order valence-corrected chi connectivity index (χ3v) is 3.57. The second kappa shape index (κ2) is 5.98. The maximum Gasteiger partial charge on any atom is 0.101 e.